The number of rotatable bonds is 16. The number of anilines is 1. The number of nitrogens with two attached hydrogens (primary N) is 1. The second kappa shape index (κ2) is 16.6. The fourth-order valence-corrected chi connectivity index (χ4v) is 6.63. The predicted octanol–water partition coefficient (Wildman–Crippen LogP) is 9.17. The molecular weight excluding hydrogens is 587 g/mol. The van der Waals surface area contributed by atoms with E-state index in [0.29, 0.717) is 18.0 Å². The van der Waals surface area contributed by atoms with E-state index in [2.05, 4.69) is 30.1 Å². The standard InChI is InChI=1S/C36H43FN4O3S/c1-3-7-25(16-19-42-2)8-4-5-18-43-29-10-6-9-28(21-29)40-23-26-11-13-31(41-24-26)35-22-32-36(45-35)34(15-17-39-32)44-33-14-12-27(38)20-30(33)37/h6,9,11-15,17,20,22,24-25,29H,3-5,7-8,10,16,18-19,21,23,38H2,1-2H3. The molecule has 5 rings (SSSR count). The van der Waals surface area contributed by atoms with Crippen LogP contribution in [-0.4, -0.2) is 42.1 Å². The van der Waals surface area contributed by atoms with Gasteiger partial charge in [0.2, 0.25) is 0 Å². The Morgan fingerprint density at radius 1 is 1.04 bits per heavy atom. The van der Waals surface area contributed by atoms with Crippen molar-refractivity contribution in [2.45, 2.75) is 70.9 Å². The highest BCUT2D eigenvalue weighted by molar-refractivity contribution is 7.22. The Kier molecular flexibility index (Phi) is 12.1. The number of unbranched alkanes of at least 4 members (excludes halogenated alkanes) is 1. The van der Waals surface area contributed by atoms with E-state index in [0.717, 1.165) is 76.9 Å². The van der Waals surface area contributed by atoms with E-state index in [1.165, 1.54) is 49.2 Å². The fraction of sp³-hybridized carbons (Fsp3) is 0.417. The summed E-state index contributed by atoms with van der Waals surface area (Å²) in [6.45, 7) is 4.49. The first-order valence-corrected chi connectivity index (χ1v) is 16.7. The van der Waals surface area contributed by atoms with Crippen LogP contribution in [0.15, 0.2) is 72.0 Å². The molecule has 4 aromatic rings. The van der Waals surface area contributed by atoms with Crippen LogP contribution >= 0.6 is 11.3 Å². The van der Waals surface area contributed by atoms with E-state index >= 15 is 0 Å². The van der Waals surface area contributed by atoms with Crippen molar-refractivity contribution in [1.82, 2.24) is 9.97 Å². The number of hydrogen-bond donors (Lipinski definition) is 1. The predicted molar refractivity (Wildman–Crippen MR) is 182 cm³/mol. The molecule has 1 aliphatic carbocycles. The largest absolute Gasteiger partial charge is 0.453 e. The molecule has 1 aromatic carbocycles. The lowest BCUT2D eigenvalue weighted by Gasteiger charge is -2.20. The summed E-state index contributed by atoms with van der Waals surface area (Å²) >= 11 is 1.51. The quantitative estimate of drug-likeness (QED) is 0.0980. The number of aliphatic imine (C=N–C) groups is 1. The third kappa shape index (κ3) is 9.42. The van der Waals surface area contributed by atoms with Crippen LogP contribution in [0.5, 0.6) is 11.5 Å². The lowest BCUT2D eigenvalue weighted by Crippen LogP contribution is -2.20. The number of halogens is 1. The minimum atomic E-state index is -0.509. The van der Waals surface area contributed by atoms with Crippen molar-refractivity contribution < 1.29 is 18.6 Å². The highest BCUT2D eigenvalue weighted by Gasteiger charge is 2.16. The van der Waals surface area contributed by atoms with Gasteiger partial charge >= 0.3 is 0 Å². The number of benzene rings is 1. The first-order chi connectivity index (χ1) is 22.0. The van der Waals surface area contributed by atoms with E-state index in [-0.39, 0.29) is 11.9 Å². The van der Waals surface area contributed by atoms with E-state index in [4.69, 9.17) is 29.9 Å². The monoisotopic (exact) mass is 630 g/mol. The van der Waals surface area contributed by atoms with Crippen molar-refractivity contribution in [1.29, 1.82) is 0 Å². The maximum atomic E-state index is 14.3. The molecular formula is C36H43FN4O3S. The van der Waals surface area contributed by atoms with E-state index in [1.807, 2.05) is 18.3 Å². The van der Waals surface area contributed by atoms with Crippen LogP contribution < -0.4 is 10.5 Å². The number of ether oxygens (including phenoxy) is 3. The lowest BCUT2D eigenvalue weighted by molar-refractivity contribution is 0.0556. The molecule has 0 saturated carbocycles. The SMILES string of the molecule is CCCC(CCCCOC1CC=CC(=NCc2ccc(-c3cc4nccc(Oc5ccc(N)cc5F)c4s3)nc2)C1)CCOC. The summed E-state index contributed by atoms with van der Waals surface area (Å²) in [7, 11) is 1.79. The molecule has 0 amide bonds. The molecule has 0 radical (unpaired) electrons. The first kappa shape index (κ1) is 32.7. The topological polar surface area (TPSA) is 91.9 Å². The summed E-state index contributed by atoms with van der Waals surface area (Å²) in [6, 6.07) is 12.2. The van der Waals surface area contributed by atoms with Gasteiger partial charge in [0.1, 0.15) is 5.75 Å². The van der Waals surface area contributed by atoms with E-state index in [1.54, 1.807) is 25.4 Å². The molecule has 3 aromatic heterocycles. The third-order valence-corrected chi connectivity index (χ3v) is 9.19. The molecule has 0 bridgehead atoms. The van der Waals surface area contributed by atoms with Crippen LogP contribution in [0.25, 0.3) is 20.8 Å². The Labute approximate surface area is 269 Å². The molecule has 7 nitrogen and oxygen atoms in total. The molecule has 238 valence electrons. The van der Waals surface area contributed by atoms with Crippen LogP contribution in [0.1, 0.15) is 63.9 Å². The van der Waals surface area contributed by atoms with E-state index < -0.39 is 5.82 Å². The highest BCUT2D eigenvalue weighted by Crippen LogP contribution is 2.39. The van der Waals surface area contributed by atoms with Crippen LogP contribution in [0.2, 0.25) is 0 Å². The van der Waals surface area contributed by atoms with Gasteiger partial charge in [0, 0.05) is 62.7 Å². The molecule has 3 heterocycles. The van der Waals surface area contributed by atoms with Gasteiger partial charge in [-0.25, -0.2) is 4.39 Å². The number of nitrogens with zero attached hydrogens (tertiary/aromatic N) is 3. The van der Waals surface area contributed by atoms with Gasteiger partial charge in [-0.2, -0.15) is 0 Å². The van der Waals surface area contributed by atoms with E-state index in [9.17, 15) is 4.39 Å². The van der Waals surface area contributed by atoms with Gasteiger partial charge in [0.15, 0.2) is 11.6 Å². The van der Waals surface area contributed by atoms with Gasteiger partial charge in [-0.05, 0) is 61.1 Å². The number of aromatic nitrogens is 2. The van der Waals surface area contributed by atoms with Crippen molar-refractivity contribution in [3.05, 3.63) is 78.4 Å². The molecule has 45 heavy (non-hydrogen) atoms. The Hall–Kier alpha value is -3.66. The number of nitrogen functional groups attached to an aromatic ring is 1. The van der Waals surface area contributed by atoms with Crippen LogP contribution in [0.4, 0.5) is 10.1 Å². The average Bonchev–Trinajstić information content (AvgIpc) is 3.50. The minimum absolute atomic E-state index is 0.117. The van der Waals surface area contributed by atoms with Gasteiger partial charge in [-0.1, -0.05) is 44.7 Å². The van der Waals surface area contributed by atoms with Gasteiger partial charge in [-0.15, -0.1) is 11.3 Å². The van der Waals surface area contributed by atoms with Gasteiger partial charge in [0.05, 0.1) is 33.4 Å². The zero-order chi connectivity index (χ0) is 31.4. The van der Waals surface area contributed by atoms with Crippen LogP contribution in [-0.2, 0) is 16.0 Å². The van der Waals surface area contributed by atoms with Crippen molar-refractivity contribution in [3.8, 4) is 22.1 Å². The number of hydrogen-bond acceptors (Lipinski definition) is 8. The smallest absolute Gasteiger partial charge is 0.167 e. The maximum absolute atomic E-state index is 14.3. The molecule has 0 fully saturated rings. The number of pyridine rings is 2. The van der Waals surface area contributed by atoms with Gasteiger partial charge in [-0.3, -0.25) is 15.0 Å². The molecule has 9 heteroatoms. The fourth-order valence-electron chi connectivity index (χ4n) is 5.59. The van der Waals surface area contributed by atoms with Crippen molar-refractivity contribution >= 4 is 33.0 Å². The second-order valence-corrected chi connectivity index (χ2v) is 12.6. The number of thiophene rings is 1. The number of methoxy groups -OCH3 is 1. The highest BCUT2D eigenvalue weighted by atomic mass is 32.1. The second-order valence-electron chi connectivity index (χ2n) is 11.6. The molecule has 2 unspecified atom stereocenters. The summed E-state index contributed by atoms with van der Waals surface area (Å²) in [5.41, 5.74) is 9.73. The lowest BCUT2D eigenvalue weighted by atomic mass is 9.94. The summed E-state index contributed by atoms with van der Waals surface area (Å²) in [5, 5.41) is 0. The average molecular weight is 631 g/mol. The summed E-state index contributed by atoms with van der Waals surface area (Å²) in [5.74, 6) is 0.905. The summed E-state index contributed by atoms with van der Waals surface area (Å²) < 4.78 is 32.6. The Morgan fingerprint density at radius 2 is 1.96 bits per heavy atom. The molecule has 1 aliphatic rings. The molecule has 0 spiro atoms. The molecule has 0 saturated heterocycles. The van der Waals surface area contributed by atoms with Crippen molar-refractivity contribution in [2.24, 2.45) is 10.9 Å². The zero-order valence-corrected chi connectivity index (χ0v) is 27.0. The van der Waals surface area contributed by atoms with Crippen molar-refractivity contribution in [3.63, 3.8) is 0 Å². The van der Waals surface area contributed by atoms with Gasteiger partial charge < -0.3 is 19.9 Å². The Bertz CT molecular complexity index is 1590. The molecule has 2 atom stereocenters. The van der Waals surface area contributed by atoms with Gasteiger partial charge in [0.25, 0.3) is 0 Å². The maximum Gasteiger partial charge on any atom is 0.167 e. The Morgan fingerprint density at radius 3 is 2.76 bits per heavy atom. The van der Waals surface area contributed by atoms with Crippen molar-refractivity contribution in [2.75, 3.05) is 26.1 Å². The van der Waals surface area contributed by atoms with Crippen LogP contribution in [0.3, 0.4) is 0 Å². The number of fused-ring (bicyclic) bond motifs is 1. The zero-order valence-electron chi connectivity index (χ0n) is 26.2. The third-order valence-electron chi connectivity index (χ3n) is 8.03. The normalized spacial score (nSPS) is 16.4. The minimum Gasteiger partial charge on any atom is -0.453 e. The first-order valence-electron chi connectivity index (χ1n) is 15.9. The summed E-state index contributed by atoms with van der Waals surface area (Å²) in [4.78, 5) is 15.0. The van der Waals surface area contributed by atoms with Crippen LogP contribution in [0, 0.1) is 11.7 Å². The number of allylic oxidation sites excluding steroid dienone is 1. The molecule has 0 aliphatic heterocycles. The Balaban J connectivity index is 1.12. The summed E-state index contributed by atoms with van der Waals surface area (Å²) in [6.07, 6.45) is 17.0. The molecule has 2 N–H and O–H groups in total.